The molecule has 1 amide bonds. The Balaban J connectivity index is 1.49. The molecule has 0 spiro atoms. The second kappa shape index (κ2) is 6.92. The third-order valence-electron chi connectivity index (χ3n) is 4.08. The Bertz CT molecular complexity index is 666. The highest BCUT2D eigenvalue weighted by molar-refractivity contribution is 7.13. The molecule has 22 heavy (non-hydrogen) atoms. The molecule has 1 aliphatic rings. The molecule has 0 bridgehead atoms. The fourth-order valence-electron chi connectivity index (χ4n) is 2.89. The molecule has 0 fully saturated rings. The molecule has 0 saturated carbocycles. The van der Waals surface area contributed by atoms with Gasteiger partial charge in [-0.3, -0.25) is 4.79 Å². The van der Waals surface area contributed by atoms with E-state index in [2.05, 4.69) is 22.4 Å². The average molecular weight is 315 g/mol. The van der Waals surface area contributed by atoms with Crippen molar-refractivity contribution in [2.24, 2.45) is 0 Å². The SMILES string of the molecule is Nc1nc(CCCNC(=O)c2ccc3c(c2)CCCC3)cs1. The third-order valence-corrected chi connectivity index (χ3v) is 4.80. The van der Waals surface area contributed by atoms with E-state index in [9.17, 15) is 4.79 Å². The van der Waals surface area contributed by atoms with Crippen molar-refractivity contribution in [3.8, 4) is 0 Å². The van der Waals surface area contributed by atoms with Gasteiger partial charge in [0, 0.05) is 17.5 Å². The van der Waals surface area contributed by atoms with E-state index in [-0.39, 0.29) is 5.91 Å². The fraction of sp³-hybridized carbons (Fsp3) is 0.412. The van der Waals surface area contributed by atoms with Crippen LogP contribution in [0.1, 0.15) is 46.4 Å². The molecule has 0 saturated heterocycles. The van der Waals surface area contributed by atoms with Gasteiger partial charge >= 0.3 is 0 Å². The number of thiazole rings is 1. The van der Waals surface area contributed by atoms with Crippen LogP contribution in [0.4, 0.5) is 5.13 Å². The number of amides is 1. The Hall–Kier alpha value is -1.88. The van der Waals surface area contributed by atoms with Crippen LogP contribution < -0.4 is 11.1 Å². The number of nitrogens with two attached hydrogens (primary N) is 1. The second-order valence-electron chi connectivity index (χ2n) is 5.73. The lowest BCUT2D eigenvalue weighted by Crippen LogP contribution is -2.25. The summed E-state index contributed by atoms with van der Waals surface area (Å²) in [6, 6.07) is 6.12. The lowest BCUT2D eigenvalue weighted by molar-refractivity contribution is 0.0953. The average Bonchev–Trinajstić information content (AvgIpc) is 2.96. The van der Waals surface area contributed by atoms with Crippen molar-refractivity contribution >= 4 is 22.4 Å². The van der Waals surface area contributed by atoms with Crippen LogP contribution in [0.5, 0.6) is 0 Å². The summed E-state index contributed by atoms with van der Waals surface area (Å²) in [6.07, 6.45) is 6.46. The van der Waals surface area contributed by atoms with Crippen molar-refractivity contribution in [3.05, 3.63) is 46.0 Å². The van der Waals surface area contributed by atoms with Crippen LogP contribution in [0.15, 0.2) is 23.6 Å². The number of rotatable bonds is 5. The topological polar surface area (TPSA) is 68.0 Å². The molecular weight excluding hydrogens is 294 g/mol. The van der Waals surface area contributed by atoms with Crippen molar-refractivity contribution in [2.45, 2.75) is 38.5 Å². The zero-order chi connectivity index (χ0) is 15.4. The van der Waals surface area contributed by atoms with Crippen LogP contribution in [0, 0.1) is 0 Å². The molecule has 3 rings (SSSR count). The van der Waals surface area contributed by atoms with E-state index in [1.165, 1.54) is 35.3 Å². The van der Waals surface area contributed by atoms with Crippen molar-refractivity contribution < 1.29 is 4.79 Å². The van der Waals surface area contributed by atoms with Gasteiger partial charge in [0.1, 0.15) is 0 Å². The minimum absolute atomic E-state index is 0.0196. The molecule has 5 heteroatoms. The van der Waals surface area contributed by atoms with Gasteiger partial charge in [0.05, 0.1) is 5.69 Å². The fourth-order valence-corrected chi connectivity index (χ4v) is 3.48. The summed E-state index contributed by atoms with van der Waals surface area (Å²) in [4.78, 5) is 16.4. The molecule has 0 radical (unpaired) electrons. The summed E-state index contributed by atoms with van der Waals surface area (Å²) in [6.45, 7) is 0.660. The first-order valence-corrected chi connectivity index (χ1v) is 8.70. The van der Waals surface area contributed by atoms with Gasteiger partial charge in [0.25, 0.3) is 5.91 Å². The van der Waals surface area contributed by atoms with E-state index in [0.29, 0.717) is 11.7 Å². The summed E-state index contributed by atoms with van der Waals surface area (Å²) in [5.41, 5.74) is 10.1. The first-order valence-electron chi connectivity index (χ1n) is 7.82. The summed E-state index contributed by atoms with van der Waals surface area (Å²) in [5.74, 6) is 0.0196. The largest absolute Gasteiger partial charge is 0.375 e. The predicted molar refractivity (Wildman–Crippen MR) is 90.3 cm³/mol. The quantitative estimate of drug-likeness (QED) is 0.834. The molecule has 1 aromatic heterocycles. The summed E-state index contributed by atoms with van der Waals surface area (Å²) in [7, 11) is 0. The summed E-state index contributed by atoms with van der Waals surface area (Å²) < 4.78 is 0. The third kappa shape index (κ3) is 3.65. The number of hydrogen-bond acceptors (Lipinski definition) is 4. The smallest absolute Gasteiger partial charge is 0.251 e. The lowest BCUT2D eigenvalue weighted by atomic mass is 9.90. The number of hydrogen-bond donors (Lipinski definition) is 2. The number of aromatic nitrogens is 1. The van der Waals surface area contributed by atoms with Crippen molar-refractivity contribution in [1.82, 2.24) is 10.3 Å². The number of aryl methyl sites for hydroxylation is 3. The van der Waals surface area contributed by atoms with E-state index >= 15 is 0 Å². The minimum Gasteiger partial charge on any atom is -0.375 e. The zero-order valence-corrected chi connectivity index (χ0v) is 13.4. The Kier molecular flexibility index (Phi) is 4.73. The van der Waals surface area contributed by atoms with Gasteiger partial charge in [-0.05, 0) is 61.8 Å². The molecule has 4 nitrogen and oxygen atoms in total. The number of nitrogen functional groups attached to an aromatic ring is 1. The summed E-state index contributed by atoms with van der Waals surface area (Å²) in [5, 5.41) is 5.57. The van der Waals surface area contributed by atoms with Crippen molar-refractivity contribution in [2.75, 3.05) is 12.3 Å². The highest BCUT2D eigenvalue weighted by atomic mass is 32.1. The molecule has 2 aromatic rings. The number of carbonyl (C=O) groups is 1. The molecule has 3 N–H and O–H groups in total. The molecule has 1 heterocycles. The van der Waals surface area contributed by atoms with Crippen LogP contribution in [0.25, 0.3) is 0 Å². The van der Waals surface area contributed by atoms with E-state index in [1.807, 2.05) is 11.4 Å². The van der Waals surface area contributed by atoms with Gasteiger partial charge in [0.15, 0.2) is 5.13 Å². The van der Waals surface area contributed by atoms with E-state index in [0.717, 1.165) is 36.9 Å². The van der Waals surface area contributed by atoms with E-state index in [1.54, 1.807) is 0 Å². The van der Waals surface area contributed by atoms with Crippen LogP contribution in [-0.2, 0) is 19.3 Å². The monoisotopic (exact) mass is 315 g/mol. The molecule has 0 unspecified atom stereocenters. The highest BCUT2D eigenvalue weighted by Gasteiger charge is 2.12. The van der Waals surface area contributed by atoms with Gasteiger partial charge in [-0.2, -0.15) is 0 Å². The number of fused-ring (bicyclic) bond motifs is 1. The van der Waals surface area contributed by atoms with Crippen molar-refractivity contribution in [1.29, 1.82) is 0 Å². The number of nitrogens with zero attached hydrogens (tertiary/aromatic N) is 1. The molecule has 1 aliphatic carbocycles. The molecule has 0 atom stereocenters. The maximum absolute atomic E-state index is 12.2. The van der Waals surface area contributed by atoms with E-state index in [4.69, 9.17) is 5.73 Å². The van der Waals surface area contributed by atoms with Gasteiger partial charge in [-0.25, -0.2) is 4.98 Å². The van der Waals surface area contributed by atoms with Crippen LogP contribution in [0.2, 0.25) is 0 Å². The standard InChI is InChI=1S/C17H21N3OS/c18-17-20-15(11-22-17)6-3-9-19-16(21)14-8-7-12-4-1-2-5-13(12)10-14/h7-8,10-11H,1-6,9H2,(H2,18,20)(H,19,21). The Morgan fingerprint density at radius 3 is 2.86 bits per heavy atom. The molecule has 1 aromatic carbocycles. The Labute approximate surface area is 134 Å². The highest BCUT2D eigenvalue weighted by Crippen LogP contribution is 2.22. The van der Waals surface area contributed by atoms with Gasteiger partial charge < -0.3 is 11.1 Å². The van der Waals surface area contributed by atoms with Crippen LogP contribution >= 0.6 is 11.3 Å². The second-order valence-corrected chi connectivity index (χ2v) is 6.62. The molecule has 116 valence electrons. The Morgan fingerprint density at radius 2 is 2.09 bits per heavy atom. The maximum Gasteiger partial charge on any atom is 0.251 e. The minimum atomic E-state index is 0.0196. The summed E-state index contributed by atoms with van der Waals surface area (Å²) >= 11 is 1.46. The predicted octanol–water partition coefficient (Wildman–Crippen LogP) is 2.97. The van der Waals surface area contributed by atoms with Gasteiger partial charge in [-0.15, -0.1) is 11.3 Å². The van der Waals surface area contributed by atoms with Crippen LogP contribution in [0.3, 0.4) is 0 Å². The zero-order valence-electron chi connectivity index (χ0n) is 12.6. The number of anilines is 1. The number of carbonyl (C=O) groups excluding carboxylic acids is 1. The number of nitrogens with one attached hydrogen (secondary N) is 1. The Morgan fingerprint density at radius 1 is 1.27 bits per heavy atom. The van der Waals surface area contributed by atoms with Crippen LogP contribution in [-0.4, -0.2) is 17.4 Å². The van der Waals surface area contributed by atoms with Gasteiger partial charge in [-0.1, -0.05) is 6.07 Å². The lowest BCUT2D eigenvalue weighted by Gasteiger charge is -2.16. The maximum atomic E-state index is 12.2. The molecule has 0 aliphatic heterocycles. The van der Waals surface area contributed by atoms with Crippen molar-refractivity contribution in [3.63, 3.8) is 0 Å². The number of benzene rings is 1. The first kappa shape index (κ1) is 15.0. The van der Waals surface area contributed by atoms with Gasteiger partial charge in [0.2, 0.25) is 0 Å². The normalized spacial score (nSPS) is 13.6. The van der Waals surface area contributed by atoms with E-state index < -0.39 is 0 Å². The molecular formula is C17H21N3OS. The first-order chi connectivity index (χ1) is 10.7.